The van der Waals surface area contributed by atoms with Crippen LogP contribution in [0.2, 0.25) is 0 Å². The van der Waals surface area contributed by atoms with Crippen molar-refractivity contribution in [1.82, 2.24) is 14.5 Å². The molecule has 0 saturated heterocycles. The summed E-state index contributed by atoms with van der Waals surface area (Å²) in [4.78, 5) is 9.11. The van der Waals surface area contributed by atoms with Gasteiger partial charge in [0.25, 0.3) is 0 Å². The topological polar surface area (TPSA) is 30.7 Å². The number of hydrogen-bond acceptors (Lipinski definition) is 2. The molecular weight excluding hydrogens is 234 g/mol. The summed E-state index contributed by atoms with van der Waals surface area (Å²) in [6, 6.07) is 2.35. The van der Waals surface area contributed by atoms with E-state index >= 15 is 0 Å². The van der Waals surface area contributed by atoms with E-state index in [-0.39, 0.29) is 5.38 Å². The van der Waals surface area contributed by atoms with Crippen molar-refractivity contribution in [2.75, 3.05) is 0 Å². The molecule has 0 bridgehead atoms. The third-order valence-corrected chi connectivity index (χ3v) is 3.39. The van der Waals surface area contributed by atoms with Crippen LogP contribution >= 0.6 is 11.6 Å². The van der Waals surface area contributed by atoms with Gasteiger partial charge in [0.15, 0.2) is 5.65 Å². The highest BCUT2D eigenvalue weighted by atomic mass is 35.5. The van der Waals surface area contributed by atoms with Gasteiger partial charge in [0, 0.05) is 12.2 Å². The van der Waals surface area contributed by atoms with Crippen molar-refractivity contribution in [2.45, 2.75) is 45.5 Å². The standard InChI is InChI=1S/C13H18ClN3/c1-5-9(3)17-12(10(4)14)16-11-8(2)6-7-15-13(11)17/h6-7,9-10H,5H2,1-4H3. The Morgan fingerprint density at radius 1 is 1.41 bits per heavy atom. The molecule has 0 spiro atoms. The highest BCUT2D eigenvalue weighted by Gasteiger charge is 2.19. The molecule has 0 aliphatic rings. The van der Waals surface area contributed by atoms with Crippen molar-refractivity contribution >= 4 is 22.8 Å². The fourth-order valence-electron chi connectivity index (χ4n) is 2.03. The molecule has 0 saturated carbocycles. The lowest BCUT2D eigenvalue weighted by Gasteiger charge is -2.16. The second-order valence-electron chi connectivity index (χ2n) is 4.51. The van der Waals surface area contributed by atoms with Crippen molar-refractivity contribution in [3.8, 4) is 0 Å². The van der Waals surface area contributed by atoms with Crippen LogP contribution in [0.5, 0.6) is 0 Å². The summed E-state index contributed by atoms with van der Waals surface area (Å²) in [5, 5.41) is -0.0994. The summed E-state index contributed by atoms with van der Waals surface area (Å²) in [6.07, 6.45) is 2.87. The van der Waals surface area contributed by atoms with E-state index in [2.05, 4.69) is 35.3 Å². The van der Waals surface area contributed by atoms with E-state index in [0.717, 1.165) is 29.0 Å². The minimum atomic E-state index is -0.0994. The molecule has 0 radical (unpaired) electrons. The fraction of sp³-hybridized carbons (Fsp3) is 0.538. The van der Waals surface area contributed by atoms with Gasteiger partial charge >= 0.3 is 0 Å². The maximum atomic E-state index is 6.22. The van der Waals surface area contributed by atoms with Crippen LogP contribution in [-0.4, -0.2) is 14.5 Å². The van der Waals surface area contributed by atoms with Gasteiger partial charge in [0.05, 0.1) is 5.38 Å². The van der Waals surface area contributed by atoms with E-state index in [4.69, 9.17) is 11.6 Å². The first-order chi connectivity index (χ1) is 8.06. The maximum absolute atomic E-state index is 6.22. The second kappa shape index (κ2) is 4.65. The normalized spacial score (nSPS) is 15.1. The zero-order valence-corrected chi connectivity index (χ0v) is 11.5. The van der Waals surface area contributed by atoms with Gasteiger partial charge in [-0.1, -0.05) is 6.92 Å². The molecule has 92 valence electrons. The first kappa shape index (κ1) is 12.4. The maximum Gasteiger partial charge on any atom is 0.160 e. The molecule has 2 heterocycles. The zero-order valence-electron chi connectivity index (χ0n) is 10.7. The lowest BCUT2D eigenvalue weighted by molar-refractivity contribution is 0.519. The molecule has 4 heteroatoms. The Kier molecular flexibility index (Phi) is 3.38. The van der Waals surface area contributed by atoms with Gasteiger partial charge in [0.1, 0.15) is 11.3 Å². The first-order valence-electron chi connectivity index (χ1n) is 6.03. The van der Waals surface area contributed by atoms with E-state index in [0.29, 0.717) is 6.04 Å². The number of imidazole rings is 1. The van der Waals surface area contributed by atoms with E-state index in [1.54, 1.807) is 0 Å². The van der Waals surface area contributed by atoms with E-state index in [1.165, 1.54) is 0 Å². The Balaban J connectivity index is 2.76. The SMILES string of the molecule is CCC(C)n1c(C(C)Cl)nc2c(C)ccnc21. The molecule has 0 fully saturated rings. The molecule has 3 nitrogen and oxygen atoms in total. The lowest BCUT2D eigenvalue weighted by atomic mass is 10.2. The zero-order chi connectivity index (χ0) is 12.6. The van der Waals surface area contributed by atoms with Crippen LogP contribution in [0.15, 0.2) is 12.3 Å². The van der Waals surface area contributed by atoms with Gasteiger partial charge in [-0.3, -0.25) is 0 Å². The Bertz CT molecular complexity index is 531. The number of hydrogen-bond donors (Lipinski definition) is 0. The third-order valence-electron chi connectivity index (χ3n) is 3.20. The van der Waals surface area contributed by atoms with Gasteiger partial charge in [-0.2, -0.15) is 0 Å². The summed E-state index contributed by atoms with van der Waals surface area (Å²) in [5.74, 6) is 0.915. The van der Waals surface area contributed by atoms with Gasteiger partial charge in [0.2, 0.25) is 0 Å². The van der Waals surface area contributed by atoms with Crippen molar-refractivity contribution in [3.05, 3.63) is 23.7 Å². The minimum Gasteiger partial charge on any atom is -0.309 e. The summed E-state index contributed by atoms with van der Waals surface area (Å²) in [7, 11) is 0. The van der Waals surface area contributed by atoms with Gasteiger partial charge in [-0.25, -0.2) is 9.97 Å². The molecule has 0 amide bonds. The molecule has 17 heavy (non-hydrogen) atoms. The average Bonchev–Trinajstić information content (AvgIpc) is 2.69. The summed E-state index contributed by atoms with van der Waals surface area (Å²) < 4.78 is 2.17. The second-order valence-corrected chi connectivity index (χ2v) is 5.17. The molecule has 0 N–H and O–H groups in total. The Labute approximate surface area is 107 Å². The average molecular weight is 252 g/mol. The largest absolute Gasteiger partial charge is 0.309 e. The molecule has 0 aliphatic heterocycles. The monoisotopic (exact) mass is 251 g/mol. The smallest absolute Gasteiger partial charge is 0.160 e. The number of aromatic nitrogens is 3. The molecule has 0 aromatic carbocycles. The van der Waals surface area contributed by atoms with Crippen molar-refractivity contribution in [2.24, 2.45) is 0 Å². The summed E-state index contributed by atoms with van der Waals surface area (Å²) in [6.45, 7) is 8.35. The number of nitrogens with zero attached hydrogens (tertiary/aromatic N) is 3. The Hall–Kier alpha value is -1.09. The number of rotatable bonds is 3. The highest BCUT2D eigenvalue weighted by molar-refractivity contribution is 6.20. The van der Waals surface area contributed by atoms with Crippen LogP contribution < -0.4 is 0 Å². The molecule has 2 atom stereocenters. The molecule has 2 rings (SSSR count). The molecule has 2 unspecified atom stereocenters. The van der Waals surface area contributed by atoms with Gasteiger partial charge in [-0.05, 0) is 38.8 Å². The molecular formula is C13H18ClN3. The predicted molar refractivity (Wildman–Crippen MR) is 71.5 cm³/mol. The first-order valence-corrected chi connectivity index (χ1v) is 6.47. The quantitative estimate of drug-likeness (QED) is 0.772. The van der Waals surface area contributed by atoms with Crippen LogP contribution in [0.25, 0.3) is 11.2 Å². The third kappa shape index (κ3) is 2.04. The van der Waals surface area contributed by atoms with Gasteiger partial charge < -0.3 is 4.57 Å². The van der Waals surface area contributed by atoms with E-state index in [1.807, 2.05) is 19.2 Å². The number of alkyl halides is 1. The number of pyridine rings is 1. The van der Waals surface area contributed by atoms with Crippen molar-refractivity contribution in [1.29, 1.82) is 0 Å². The fourth-order valence-corrected chi connectivity index (χ4v) is 2.18. The molecule has 2 aromatic heterocycles. The van der Waals surface area contributed by atoms with Gasteiger partial charge in [-0.15, -0.1) is 11.6 Å². The lowest BCUT2D eigenvalue weighted by Crippen LogP contribution is -2.09. The summed E-state index contributed by atoms with van der Waals surface area (Å²) in [5.41, 5.74) is 3.06. The minimum absolute atomic E-state index is 0.0994. The molecule has 0 aliphatic carbocycles. The van der Waals surface area contributed by atoms with Crippen LogP contribution in [0.3, 0.4) is 0 Å². The van der Waals surface area contributed by atoms with Crippen molar-refractivity contribution in [3.63, 3.8) is 0 Å². The number of aryl methyl sites for hydroxylation is 1. The van der Waals surface area contributed by atoms with Crippen molar-refractivity contribution < 1.29 is 0 Å². The predicted octanol–water partition coefficient (Wildman–Crippen LogP) is 4.01. The van der Waals surface area contributed by atoms with E-state index < -0.39 is 0 Å². The highest BCUT2D eigenvalue weighted by Crippen LogP contribution is 2.29. The molecule has 2 aromatic rings. The Morgan fingerprint density at radius 3 is 2.71 bits per heavy atom. The van der Waals surface area contributed by atoms with Crippen LogP contribution in [-0.2, 0) is 0 Å². The number of fused-ring (bicyclic) bond motifs is 1. The van der Waals surface area contributed by atoms with Crippen LogP contribution in [0.4, 0.5) is 0 Å². The number of halogens is 1. The summed E-state index contributed by atoms with van der Waals surface area (Å²) >= 11 is 6.22. The Morgan fingerprint density at radius 2 is 2.12 bits per heavy atom. The van der Waals surface area contributed by atoms with Crippen LogP contribution in [0.1, 0.15) is 50.0 Å². The van der Waals surface area contributed by atoms with E-state index in [9.17, 15) is 0 Å². The van der Waals surface area contributed by atoms with Crippen LogP contribution in [0, 0.1) is 6.92 Å².